The number of nitrogens with zero attached hydrogens (tertiary/aromatic N) is 2. The van der Waals surface area contributed by atoms with E-state index in [-0.39, 0.29) is 5.41 Å². The van der Waals surface area contributed by atoms with Crippen molar-refractivity contribution in [3.05, 3.63) is 242 Å². The molecule has 10 aromatic carbocycles. The monoisotopic (exact) mass is 780 g/mol. The number of benzene rings is 10. The van der Waals surface area contributed by atoms with Crippen LogP contribution in [0.4, 0.5) is 34.1 Å². The number of hydrogen-bond donors (Lipinski definition) is 0. The maximum absolute atomic E-state index is 2.43. The van der Waals surface area contributed by atoms with Gasteiger partial charge in [0.2, 0.25) is 0 Å². The second kappa shape index (κ2) is 14.9. The zero-order valence-corrected chi connectivity index (χ0v) is 34.3. The summed E-state index contributed by atoms with van der Waals surface area (Å²) in [6.07, 6.45) is 0. The fraction of sp³-hybridized carbons (Fsp3) is 0.0508. The fourth-order valence-electron chi connectivity index (χ4n) is 9.41. The van der Waals surface area contributed by atoms with Crippen LogP contribution in [0.1, 0.15) is 25.0 Å². The molecule has 0 radical (unpaired) electrons. The lowest BCUT2D eigenvalue weighted by molar-refractivity contribution is 0.660. The highest BCUT2D eigenvalue weighted by Gasteiger charge is 2.37. The normalized spacial score (nSPS) is 12.6. The van der Waals surface area contributed by atoms with E-state index in [9.17, 15) is 0 Å². The van der Waals surface area contributed by atoms with Crippen LogP contribution in [0.5, 0.6) is 0 Å². The van der Waals surface area contributed by atoms with Gasteiger partial charge in [-0.3, -0.25) is 0 Å². The van der Waals surface area contributed by atoms with Crippen LogP contribution in [0.15, 0.2) is 231 Å². The number of fused-ring (bicyclic) bond motifs is 5. The van der Waals surface area contributed by atoms with Crippen molar-refractivity contribution >= 4 is 55.7 Å². The van der Waals surface area contributed by atoms with Gasteiger partial charge in [-0.25, -0.2) is 0 Å². The Morgan fingerprint density at radius 3 is 1.16 bits per heavy atom. The third kappa shape index (κ3) is 6.54. The van der Waals surface area contributed by atoms with E-state index in [1.807, 2.05) is 0 Å². The van der Waals surface area contributed by atoms with Crippen molar-refractivity contribution in [2.45, 2.75) is 19.3 Å². The molecule has 0 N–H and O–H groups in total. The predicted octanol–water partition coefficient (Wildman–Crippen LogP) is 16.6. The summed E-state index contributed by atoms with van der Waals surface area (Å²) in [5, 5.41) is 4.91. The van der Waals surface area contributed by atoms with Gasteiger partial charge in [0.15, 0.2) is 0 Å². The lowest BCUT2D eigenvalue weighted by atomic mass is 9.82. The molecule has 0 atom stereocenters. The smallest absolute Gasteiger partial charge is 0.0468 e. The first-order valence-corrected chi connectivity index (χ1v) is 21.2. The highest BCUT2D eigenvalue weighted by atomic mass is 15.1. The van der Waals surface area contributed by atoms with Crippen LogP contribution in [0.3, 0.4) is 0 Å². The average molecular weight is 781 g/mol. The van der Waals surface area contributed by atoms with Crippen LogP contribution < -0.4 is 9.80 Å². The Hall–Kier alpha value is -7.68. The minimum Gasteiger partial charge on any atom is -0.310 e. The standard InChI is InChI=1S/C59H44N2/c1-59(2)57-39-53(60(49-22-7-4-8-23-49)51-30-26-42-16-9-11-18-47(42)37-51)32-34-55(57)56-35-33-54(40-58(56)59)61(52-31-27-43-17-10-12-19-48(43)38-52)50-28-24-44(25-29-50)46-21-13-20-45(36-46)41-14-5-3-6-15-41/h3-40H,1-2H3. The number of anilines is 6. The molecule has 0 heterocycles. The highest BCUT2D eigenvalue weighted by Crippen LogP contribution is 2.52. The van der Waals surface area contributed by atoms with Crippen LogP contribution in [0, 0.1) is 0 Å². The minimum absolute atomic E-state index is 0.245. The van der Waals surface area contributed by atoms with E-state index in [4.69, 9.17) is 0 Å². The molecule has 1 aliphatic carbocycles. The van der Waals surface area contributed by atoms with E-state index in [0.29, 0.717) is 0 Å². The number of rotatable bonds is 8. The summed E-state index contributed by atoms with van der Waals surface area (Å²) < 4.78 is 0. The SMILES string of the molecule is CC1(C)c2cc(N(c3ccccc3)c3ccc4ccccc4c3)ccc2-c2ccc(N(c3ccc(-c4cccc(-c5ccccc5)c4)cc3)c3ccc4ccccc4c3)cc21. The molecule has 11 rings (SSSR count). The van der Waals surface area contributed by atoms with Gasteiger partial charge in [-0.15, -0.1) is 0 Å². The van der Waals surface area contributed by atoms with Gasteiger partial charge in [0.05, 0.1) is 0 Å². The fourth-order valence-corrected chi connectivity index (χ4v) is 9.41. The Morgan fingerprint density at radius 2 is 0.639 bits per heavy atom. The molecule has 61 heavy (non-hydrogen) atoms. The van der Waals surface area contributed by atoms with Gasteiger partial charge in [-0.05, 0) is 145 Å². The molecule has 0 unspecified atom stereocenters. The van der Waals surface area contributed by atoms with Gasteiger partial charge in [0, 0.05) is 39.5 Å². The first kappa shape index (κ1) is 36.4. The molecule has 0 saturated carbocycles. The van der Waals surface area contributed by atoms with Crippen molar-refractivity contribution < 1.29 is 0 Å². The van der Waals surface area contributed by atoms with Gasteiger partial charge < -0.3 is 9.80 Å². The average Bonchev–Trinajstić information content (AvgIpc) is 3.54. The third-order valence-corrected chi connectivity index (χ3v) is 12.6. The molecular formula is C59H44N2. The van der Waals surface area contributed by atoms with Gasteiger partial charge in [-0.2, -0.15) is 0 Å². The Labute approximate surface area is 358 Å². The largest absolute Gasteiger partial charge is 0.310 e. The molecule has 0 spiro atoms. The van der Waals surface area contributed by atoms with Crippen molar-refractivity contribution in [1.29, 1.82) is 0 Å². The molecule has 2 heteroatoms. The highest BCUT2D eigenvalue weighted by molar-refractivity contribution is 5.93. The number of hydrogen-bond acceptors (Lipinski definition) is 2. The van der Waals surface area contributed by atoms with Crippen molar-refractivity contribution in [2.75, 3.05) is 9.80 Å². The summed E-state index contributed by atoms with van der Waals surface area (Å²) in [5.41, 5.74) is 16.6. The van der Waals surface area contributed by atoms with E-state index in [1.165, 1.54) is 66.1 Å². The van der Waals surface area contributed by atoms with Gasteiger partial charge >= 0.3 is 0 Å². The molecule has 0 aromatic heterocycles. The second-order valence-corrected chi connectivity index (χ2v) is 16.6. The lowest BCUT2D eigenvalue weighted by Gasteiger charge is -2.29. The Morgan fingerprint density at radius 1 is 0.262 bits per heavy atom. The van der Waals surface area contributed by atoms with Gasteiger partial charge in [-0.1, -0.05) is 166 Å². The van der Waals surface area contributed by atoms with Crippen molar-refractivity contribution in [3.63, 3.8) is 0 Å². The van der Waals surface area contributed by atoms with Crippen molar-refractivity contribution in [3.8, 4) is 33.4 Å². The topological polar surface area (TPSA) is 6.48 Å². The number of para-hydroxylation sites is 1. The molecule has 0 bridgehead atoms. The van der Waals surface area contributed by atoms with E-state index in [0.717, 1.165) is 34.1 Å². The third-order valence-electron chi connectivity index (χ3n) is 12.6. The summed E-state index contributed by atoms with van der Waals surface area (Å²) in [7, 11) is 0. The quantitative estimate of drug-likeness (QED) is 0.152. The van der Waals surface area contributed by atoms with Gasteiger partial charge in [0.25, 0.3) is 0 Å². The first-order chi connectivity index (χ1) is 30.0. The predicted molar refractivity (Wildman–Crippen MR) is 259 cm³/mol. The van der Waals surface area contributed by atoms with Crippen molar-refractivity contribution in [2.24, 2.45) is 0 Å². The van der Waals surface area contributed by atoms with Crippen LogP contribution in [0.2, 0.25) is 0 Å². The second-order valence-electron chi connectivity index (χ2n) is 16.6. The first-order valence-electron chi connectivity index (χ1n) is 21.2. The Balaban J connectivity index is 0.992. The molecule has 2 nitrogen and oxygen atoms in total. The van der Waals surface area contributed by atoms with E-state index >= 15 is 0 Å². The summed E-state index contributed by atoms with van der Waals surface area (Å²) in [4.78, 5) is 4.80. The maximum Gasteiger partial charge on any atom is 0.0468 e. The van der Waals surface area contributed by atoms with Crippen molar-refractivity contribution in [1.82, 2.24) is 0 Å². The lowest BCUT2D eigenvalue weighted by Crippen LogP contribution is -2.17. The van der Waals surface area contributed by atoms with E-state index in [2.05, 4.69) is 254 Å². The molecule has 0 fully saturated rings. The van der Waals surface area contributed by atoms with Crippen LogP contribution >= 0.6 is 0 Å². The summed E-state index contributed by atoms with van der Waals surface area (Å²) >= 11 is 0. The zero-order chi connectivity index (χ0) is 40.9. The molecule has 1 aliphatic rings. The molecule has 0 amide bonds. The molecule has 0 saturated heterocycles. The molecule has 10 aromatic rings. The minimum atomic E-state index is -0.245. The molecule has 0 aliphatic heterocycles. The molecule has 290 valence electrons. The van der Waals surface area contributed by atoms with Crippen LogP contribution in [0.25, 0.3) is 54.9 Å². The molecular weight excluding hydrogens is 737 g/mol. The van der Waals surface area contributed by atoms with Gasteiger partial charge in [0.1, 0.15) is 0 Å². The Kier molecular flexibility index (Phi) is 8.86. The van der Waals surface area contributed by atoms with E-state index < -0.39 is 0 Å². The zero-order valence-electron chi connectivity index (χ0n) is 34.3. The summed E-state index contributed by atoms with van der Waals surface area (Å²) in [5.74, 6) is 0. The summed E-state index contributed by atoms with van der Waals surface area (Å²) in [6, 6.07) is 84.1. The Bertz CT molecular complexity index is 3220. The maximum atomic E-state index is 2.43. The van der Waals surface area contributed by atoms with Crippen LogP contribution in [-0.2, 0) is 5.41 Å². The van der Waals surface area contributed by atoms with Crippen LogP contribution in [-0.4, -0.2) is 0 Å². The summed E-state index contributed by atoms with van der Waals surface area (Å²) in [6.45, 7) is 4.76. The van der Waals surface area contributed by atoms with E-state index in [1.54, 1.807) is 0 Å².